The third-order valence-corrected chi connectivity index (χ3v) is 4.60. The minimum atomic E-state index is -0.809. The van der Waals surface area contributed by atoms with E-state index < -0.39 is 11.5 Å². The van der Waals surface area contributed by atoms with Gasteiger partial charge in [0.05, 0.1) is 0 Å². The van der Waals surface area contributed by atoms with Gasteiger partial charge in [-0.3, -0.25) is 4.79 Å². The van der Waals surface area contributed by atoms with Crippen LogP contribution in [0.5, 0.6) is 0 Å². The summed E-state index contributed by atoms with van der Waals surface area (Å²) in [4.78, 5) is 13.5. The zero-order valence-electron chi connectivity index (χ0n) is 12.2. The number of nitrogens with one attached hydrogen (secondary N) is 1. The van der Waals surface area contributed by atoms with E-state index in [0.717, 1.165) is 12.5 Å². The third kappa shape index (κ3) is 3.95. The lowest BCUT2D eigenvalue weighted by molar-refractivity contribution is -0.144. The van der Waals surface area contributed by atoms with Gasteiger partial charge in [0.1, 0.15) is 5.54 Å². The van der Waals surface area contributed by atoms with Crippen molar-refractivity contribution in [2.75, 3.05) is 20.6 Å². The molecule has 0 bridgehead atoms. The van der Waals surface area contributed by atoms with Crippen molar-refractivity contribution in [1.29, 1.82) is 0 Å². The Labute approximate surface area is 111 Å². The first-order valence-corrected chi connectivity index (χ1v) is 7.01. The molecular formula is C14H28N2O2. The van der Waals surface area contributed by atoms with Crippen LogP contribution in [0.3, 0.4) is 0 Å². The highest BCUT2D eigenvalue weighted by molar-refractivity contribution is 5.78. The predicted molar refractivity (Wildman–Crippen MR) is 73.8 cm³/mol. The van der Waals surface area contributed by atoms with E-state index in [2.05, 4.69) is 24.2 Å². The Bertz CT molecular complexity index is 275. The number of carboxylic acids is 1. The van der Waals surface area contributed by atoms with Crippen LogP contribution in [0, 0.1) is 5.92 Å². The van der Waals surface area contributed by atoms with Crippen molar-refractivity contribution >= 4 is 5.97 Å². The molecule has 4 nitrogen and oxygen atoms in total. The summed E-state index contributed by atoms with van der Waals surface area (Å²) < 4.78 is 0. The van der Waals surface area contributed by atoms with E-state index in [4.69, 9.17) is 0 Å². The zero-order chi connectivity index (χ0) is 13.8. The normalized spacial score (nSPS) is 28.1. The average molecular weight is 256 g/mol. The van der Waals surface area contributed by atoms with Crippen LogP contribution >= 0.6 is 0 Å². The van der Waals surface area contributed by atoms with Crippen LogP contribution in [0.1, 0.15) is 46.0 Å². The Morgan fingerprint density at radius 2 is 1.94 bits per heavy atom. The molecule has 0 aromatic heterocycles. The summed E-state index contributed by atoms with van der Waals surface area (Å²) in [6.45, 7) is 4.91. The summed E-state index contributed by atoms with van der Waals surface area (Å²) in [5.74, 6) is 0.0897. The maximum atomic E-state index is 11.2. The highest BCUT2D eigenvalue weighted by atomic mass is 16.4. The number of hydrogen-bond acceptors (Lipinski definition) is 3. The maximum Gasteiger partial charge on any atom is 0.323 e. The summed E-state index contributed by atoms with van der Waals surface area (Å²) in [7, 11) is 3.84. The number of rotatable bonds is 6. The van der Waals surface area contributed by atoms with Crippen molar-refractivity contribution in [3.05, 3.63) is 0 Å². The van der Waals surface area contributed by atoms with Gasteiger partial charge < -0.3 is 15.3 Å². The van der Waals surface area contributed by atoms with Crippen molar-refractivity contribution in [3.8, 4) is 0 Å². The van der Waals surface area contributed by atoms with E-state index in [1.807, 2.05) is 0 Å². The number of likely N-dealkylation sites (N-methyl/N-ethyl adjacent to an activating group) is 1. The fourth-order valence-electron chi connectivity index (χ4n) is 2.60. The molecule has 1 aliphatic carbocycles. The maximum absolute atomic E-state index is 11.2. The minimum Gasteiger partial charge on any atom is -0.480 e. The second-order valence-corrected chi connectivity index (χ2v) is 6.03. The minimum absolute atomic E-state index is 0.635. The monoisotopic (exact) mass is 256 g/mol. The van der Waals surface area contributed by atoms with Crippen LogP contribution in [0.2, 0.25) is 0 Å². The molecule has 0 radical (unpaired) electrons. The van der Waals surface area contributed by atoms with Crippen LogP contribution in [-0.4, -0.2) is 48.2 Å². The summed E-state index contributed by atoms with van der Waals surface area (Å²) in [5, 5.41) is 12.1. The molecule has 4 heteroatoms. The number of carbonyl (C=O) groups is 1. The van der Waals surface area contributed by atoms with E-state index in [1.165, 1.54) is 25.7 Å². The van der Waals surface area contributed by atoms with E-state index in [9.17, 15) is 9.90 Å². The molecule has 0 aromatic carbocycles. The van der Waals surface area contributed by atoms with E-state index >= 15 is 0 Å². The van der Waals surface area contributed by atoms with E-state index in [0.29, 0.717) is 12.5 Å². The Morgan fingerprint density at radius 3 is 2.39 bits per heavy atom. The van der Waals surface area contributed by atoms with Gasteiger partial charge >= 0.3 is 5.97 Å². The van der Waals surface area contributed by atoms with Crippen LogP contribution in [0.4, 0.5) is 0 Å². The number of nitrogens with zero attached hydrogens (tertiary/aromatic N) is 1. The van der Waals surface area contributed by atoms with Crippen LogP contribution in [0.15, 0.2) is 0 Å². The second-order valence-electron chi connectivity index (χ2n) is 6.03. The Hall–Kier alpha value is -0.610. The molecule has 1 fully saturated rings. The highest BCUT2D eigenvalue weighted by Gasteiger charge is 2.32. The molecule has 1 rings (SSSR count). The van der Waals surface area contributed by atoms with Gasteiger partial charge in [-0.1, -0.05) is 6.92 Å². The molecule has 1 atom stereocenters. The third-order valence-electron chi connectivity index (χ3n) is 4.60. The molecule has 0 spiro atoms. The first-order chi connectivity index (χ1) is 8.39. The lowest BCUT2D eigenvalue weighted by atomic mass is 9.86. The lowest BCUT2D eigenvalue weighted by Crippen LogP contribution is -2.50. The first-order valence-electron chi connectivity index (χ1n) is 7.01. The SMILES string of the molecule is CNC(C)(CCN(C)C1CCC(C)CC1)C(=O)O. The smallest absolute Gasteiger partial charge is 0.323 e. The molecule has 1 saturated carbocycles. The van der Waals surface area contributed by atoms with Crippen molar-refractivity contribution in [2.24, 2.45) is 5.92 Å². The molecule has 0 aromatic rings. The van der Waals surface area contributed by atoms with E-state index in [1.54, 1.807) is 14.0 Å². The van der Waals surface area contributed by atoms with Gasteiger partial charge in [0.25, 0.3) is 0 Å². The second kappa shape index (κ2) is 6.53. The lowest BCUT2D eigenvalue weighted by Gasteiger charge is -2.35. The van der Waals surface area contributed by atoms with Gasteiger partial charge in [0.15, 0.2) is 0 Å². The summed E-state index contributed by atoms with van der Waals surface area (Å²) in [5.41, 5.74) is -0.809. The fraction of sp³-hybridized carbons (Fsp3) is 0.929. The average Bonchev–Trinajstić information content (AvgIpc) is 2.36. The Morgan fingerprint density at radius 1 is 1.39 bits per heavy atom. The van der Waals surface area contributed by atoms with Crippen molar-refractivity contribution in [2.45, 2.75) is 57.5 Å². The van der Waals surface area contributed by atoms with Crippen molar-refractivity contribution in [1.82, 2.24) is 10.2 Å². The molecular weight excluding hydrogens is 228 g/mol. The predicted octanol–water partition coefficient (Wildman–Crippen LogP) is 1.95. The van der Waals surface area contributed by atoms with Crippen molar-refractivity contribution < 1.29 is 9.90 Å². The largest absolute Gasteiger partial charge is 0.480 e. The van der Waals surface area contributed by atoms with Crippen molar-refractivity contribution in [3.63, 3.8) is 0 Å². The van der Waals surface area contributed by atoms with Gasteiger partial charge in [0.2, 0.25) is 0 Å². The highest BCUT2D eigenvalue weighted by Crippen LogP contribution is 2.26. The van der Waals surface area contributed by atoms with Gasteiger partial charge in [-0.15, -0.1) is 0 Å². The molecule has 1 aliphatic rings. The molecule has 2 N–H and O–H groups in total. The quantitative estimate of drug-likeness (QED) is 0.762. The molecule has 0 heterocycles. The molecule has 1 unspecified atom stereocenters. The van der Waals surface area contributed by atoms with Gasteiger partial charge in [-0.05, 0) is 59.0 Å². The number of hydrogen-bond donors (Lipinski definition) is 2. The Kier molecular flexibility index (Phi) is 5.60. The van der Waals surface area contributed by atoms with Crippen LogP contribution < -0.4 is 5.32 Å². The number of aliphatic carboxylic acids is 1. The molecule has 0 aliphatic heterocycles. The standard InChI is InChI=1S/C14H28N2O2/c1-11-5-7-12(8-6-11)16(4)10-9-14(2,15-3)13(17)18/h11-12,15H,5-10H2,1-4H3,(H,17,18). The van der Waals surface area contributed by atoms with Gasteiger partial charge in [-0.2, -0.15) is 0 Å². The summed E-state index contributed by atoms with van der Waals surface area (Å²) in [6.07, 6.45) is 5.75. The first kappa shape index (κ1) is 15.4. The number of carboxylic acid groups (broad SMARTS) is 1. The van der Waals surface area contributed by atoms with Crippen LogP contribution in [0.25, 0.3) is 0 Å². The van der Waals surface area contributed by atoms with Gasteiger partial charge in [-0.25, -0.2) is 0 Å². The summed E-state index contributed by atoms with van der Waals surface area (Å²) >= 11 is 0. The molecule has 18 heavy (non-hydrogen) atoms. The van der Waals surface area contributed by atoms with Crippen LogP contribution in [-0.2, 0) is 4.79 Å². The topological polar surface area (TPSA) is 52.6 Å². The van der Waals surface area contributed by atoms with E-state index in [-0.39, 0.29) is 0 Å². The molecule has 0 amide bonds. The summed E-state index contributed by atoms with van der Waals surface area (Å²) in [6, 6.07) is 0.635. The zero-order valence-corrected chi connectivity index (χ0v) is 12.2. The fourth-order valence-corrected chi connectivity index (χ4v) is 2.60. The molecule has 106 valence electrons. The van der Waals surface area contributed by atoms with Gasteiger partial charge in [0, 0.05) is 12.6 Å². The Balaban J connectivity index is 2.40. The molecule has 0 saturated heterocycles.